The predicted octanol–water partition coefficient (Wildman–Crippen LogP) is 4.40. The molecule has 3 rings (SSSR count). The summed E-state index contributed by atoms with van der Waals surface area (Å²) in [6.45, 7) is 0. The summed E-state index contributed by atoms with van der Waals surface area (Å²) in [5.74, 6) is 0.221. The van der Waals surface area contributed by atoms with Crippen LogP contribution in [0.2, 0.25) is 0 Å². The van der Waals surface area contributed by atoms with E-state index in [1.54, 1.807) is 6.07 Å². The lowest BCUT2D eigenvalue weighted by molar-refractivity contribution is 0.0936. The first-order chi connectivity index (χ1) is 9.56. The highest BCUT2D eigenvalue weighted by Crippen LogP contribution is 2.37. The van der Waals surface area contributed by atoms with Crippen LogP contribution in [0.4, 0.5) is 0 Å². The average molecular weight is 417 g/mol. The second-order valence-corrected chi connectivity index (χ2v) is 8.40. The minimum absolute atomic E-state index is 0.0322. The minimum Gasteiger partial charge on any atom is -0.508 e. The summed E-state index contributed by atoms with van der Waals surface area (Å²) in [6, 6.07) is 7.24. The quantitative estimate of drug-likeness (QED) is 0.762. The highest BCUT2D eigenvalue weighted by Gasteiger charge is 2.27. The molecule has 0 spiro atoms. The van der Waals surface area contributed by atoms with Gasteiger partial charge in [-0.3, -0.25) is 4.79 Å². The van der Waals surface area contributed by atoms with E-state index in [0.717, 1.165) is 31.5 Å². The van der Waals surface area contributed by atoms with Gasteiger partial charge in [0.15, 0.2) is 0 Å². The summed E-state index contributed by atoms with van der Waals surface area (Å²) in [5.41, 5.74) is 2.60. The van der Waals surface area contributed by atoms with Crippen molar-refractivity contribution in [2.24, 2.45) is 0 Å². The summed E-state index contributed by atoms with van der Waals surface area (Å²) < 4.78 is 1.73. The number of rotatable bonds is 2. The van der Waals surface area contributed by atoms with Crippen molar-refractivity contribution in [3.8, 4) is 5.75 Å². The lowest BCUT2D eigenvalue weighted by Crippen LogP contribution is -2.26. The van der Waals surface area contributed by atoms with Crippen LogP contribution in [0.15, 0.2) is 31.8 Å². The molecule has 0 radical (unpaired) electrons. The predicted molar refractivity (Wildman–Crippen MR) is 86.4 cm³/mol. The fraction of sp³-hybridized carbons (Fsp3) is 0.214. The zero-order valence-corrected chi connectivity index (χ0v) is 14.3. The molecule has 20 heavy (non-hydrogen) atoms. The molecule has 0 saturated carbocycles. The van der Waals surface area contributed by atoms with Gasteiger partial charge in [0.2, 0.25) is 0 Å². The van der Waals surface area contributed by atoms with Gasteiger partial charge in [-0.2, -0.15) is 0 Å². The molecular weight excluding hydrogens is 406 g/mol. The fourth-order valence-corrected chi connectivity index (χ4v) is 5.31. The third-order valence-electron chi connectivity index (χ3n) is 3.45. The Hall–Kier alpha value is -0.850. The monoisotopic (exact) mass is 415 g/mol. The van der Waals surface area contributed by atoms with Crippen molar-refractivity contribution in [3.63, 3.8) is 0 Å². The maximum absolute atomic E-state index is 12.3. The van der Waals surface area contributed by atoms with Crippen LogP contribution in [-0.2, 0) is 6.42 Å². The van der Waals surface area contributed by atoms with Crippen LogP contribution in [-0.4, -0.2) is 11.0 Å². The van der Waals surface area contributed by atoms with Crippen LogP contribution in [0.3, 0.4) is 0 Å². The Morgan fingerprint density at radius 3 is 2.90 bits per heavy atom. The third-order valence-corrected chi connectivity index (χ3v) is 5.79. The first-order valence-corrected chi connectivity index (χ1v) is 8.53. The van der Waals surface area contributed by atoms with E-state index in [9.17, 15) is 9.90 Å². The van der Waals surface area contributed by atoms with Gasteiger partial charge in [0, 0.05) is 0 Å². The third kappa shape index (κ3) is 2.52. The zero-order valence-electron chi connectivity index (χ0n) is 10.3. The Kier molecular flexibility index (Phi) is 3.88. The fourth-order valence-electron chi connectivity index (χ4n) is 2.52. The Morgan fingerprint density at radius 1 is 1.40 bits per heavy atom. The van der Waals surface area contributed by atoms with Crippen LogP contribution in [0.25, 0.3) is 0 Å². The van der Waals surface area contributed by atoms with Gasteiger partial charge in [-0.15, -0.1) is 11.3 Å². The topological polar surface area (TPSA) is 49.3 Å². The second kappa shape index (κ2) is 5.50. The highest BCUT2D eigenvalue weighted by atomic mass is 79.9. The molecule has 0 bridgehead atoms. The minimum atomic E-state index is -0.0972. The van der Waals surface area contributed by atoms with Crippen molar-refractivity contribution in [1.29, 1.82) is 0 Å². The highest BCUT2D eigenvalue weighted by molar-refractivity contribution is 9.12. The first-order valence-electron chi connectivity index (χ1n) is 6.12. The summed E-state index contributed by atoms with van der Waals surface area (Å²) >= 11 is 8.25. The van der Waals surface area contributed by atoms with E-state index in [1.165, 1.54) is 11.3 Å². The molecule has 1 aromatic carbocycles. The Morgan fingerprint density at radius 2 is 2.20 bits per heavy atom. The van der Waals surface area contributed by atoms with Gasteiger partial charge >= 0.3 is 0 Å². The smallest absolute Gasteiger partial charge is 0.253 e. The lowest BCUT2D eigenvalue weighted by Gasteiger charge is -2.14. The molecule has 3 nitrogen and oxygen atoms in total. The van der Waals surface area contributed by atoms with Crippen molar-refractivity contribution in [1.82, 2.24) is 5.32 Å². The standard InChI is InChI=1S/C14H11Br2NO2S/c15-12-6-9(13(16)20-12)14(19)17-10-5-4-8-7(10)2-1-3-11(8)18/h1-3,6,10,18H,4-5H2,(H,17,19). The molecule has 6 heteroatoms. The first kappa shape index (κ1) is 14.1. The van der Waals surface area contributed by atoms with Crippen LogP contribution >= 0.6 is 43.2 Å². The summed E-state index contributed by atoms with van der Waals surface area (Å²) in [7, 11) is 0. The van der Waals surface area contributed by atoms with Crippen molar-refractivity contribution >= 4 is 49.1 Å². The van der Waals surface area contributed by atoms with Crippen LogP contribution < -0.4 is 5.32 Å². The van der Waals surface area contributed by atoms with E-state index in [1.807, 2.05) is 18.2 Å². The number of phenols is 1. The van der Waals surface area contributed by atoms with E-state index >= 15 is 0 Å². The van der Waals surface area contributed by atoms with Crippen molar-refractivity contribution in [3.05, 3.63) is 48.5 Å². The molecule has 0 fully saturated rings. The molecule has 1 aromatic heterocycles. The summed E-state index contributed by atoms with van der Waals surface area (Å²) in [6.07, 6.45) is 1.61. The molecule has 1 heterocycles. The molecule has 2 N–H and O–H groups in total. The van der Waals surface area contributed by atoms with Gasteiger partial charge in [-0.05, 0) is 68.0 Å². The molecule has 0 saturated heterocycles. The number of halogens is 2. The lowest BCUT2D eigenvalue weighted by atomic mass is 10.1. The molecule has 1 aliphatic carbocycles. The Balaban J connectivity index is 1.82. The summed E-state index contributed by atoms with van der Waals surface area (Å²) in [4.78, 5) is 12.3. The van der Waals surface area contributed by atoms with E-state index in [-0.39, 0.29) is 11.9 Å². The van der Waals surface area contributed by atoms with Gasteiger partial charge < -0.3 is 10.4 Å². The molecule has 2 aromatic rings. The van der Waals surface area contributed by atoms with Crippen molar-refractivity contribution in [2.45, 2.75) is 18.9 Å². The van der Waals surface area contributed by atoms with Gasteiger partial charge in [-0.1, -0.05) is 12.1 Å². The Bertz CT molecular complexity index is 684. The van der Waals surface area contributed by atoms with Crippen LogP contribution in [0, 0.1) is 0 Å². The SMILES string of the molecule is O=C(NC1CCc2c(O)cccc21)c1cc(Br)sc1Br. The molecule has 1 aliphatic rings. The van der Waals surface area contributed by atoms with Crippen LogP contribution in [0.1, 0.15) is 33.9 Å². The average Bonchev–Trinajstić information content (AvgIpc) is 2.94. The number of amides is 1. The number of carbonyl (C=O) groups excluding carboxylic acids is 1. The van der Waals surface area contributed by atoms with Gasteiger partial charge in [0.05, 0.1) is 19.2 Å². The maximum Gasteiger partial charge on any atom is 0.253 e. The molecule has 1 unspecified atom stereocenters. The number of phenolic OH excluding ortho intramolecular Hbond substituents is 1. The van der Waals surface area contributed by atoms with Crippen molar-refractivity contribution < 1.29 is 9.90 Å². The molecule has 1 amide bonds. The molecule has 104 valence electrons. The van der Waals surface area contributed by atoms with E-state index in [4.69, 9.17) is 0 Å². The number of benzene rings is 1. The Labute approximate surface area is 137 Å². The van der Waals surface area contributed by atoms with Gasteiger partial charge in [0.25, 0.3) is 5.91 Å². The number of carbonyl (C=O) groups is 1. The van der Waals surface area contributed by atoms with Crippen LogP contribution in [0.5, 0.6) is 5.75 Å². The molecule has 1 atom stereocenters. The van der Waals surface area contributed by atoms with E-state index in [0.29, 0.717) is 11.3 Å². The number of hydrogen-bond donors (Lipinski definition) is 2. The van der Waals surface area contributed by atoms with Crippen molar-refractivity contribution in [2.75, 3.05) is 0 Å². The number of hydrogen-bond acceptors (Lipinski definition) is 3. The number of aromatic hydroxyl groups is 1. The van der Waals surface area contributed by atoms with E-state index < -0.39 is 0 Å². The largest absolute Gasteiger partial charge is 0.508 e. The molecular formula is C14H11Br2NO2S. The summed E-state index contributed by atoms with van der Waals surface area (Å²) in [5, 5.41) is 12.9. The number of fused-ring (bicyclic) bond motifs is 1. The number of nitrogens with one attached hydrogen (secondary N) is 1. The second-order valence-electron chi connectivity index (χ2n) is 4.65. The van der Waals surface area contributed by atoms with Gasteiger partial charge in [0.1, 0.15) is 5.75 Å². The molecule has 0 aliphatic heterocycles. The number of thiophene rings is 1. The zero-order chi connectivity index (χ0) is 14.3. The normalized spacial score (nSPS) is 17.0. The van der Waals surface area contributed by atoms with E-state index in [2.05, 4.69) is 37.2 Å². The maximum atomic E-state index is 12.3. The van der Waals surface area contributed by atoms with Gasteiger partial charge in [-0.25, -0.2) is 0 Å².